The average molecular weight is 118 g/mol. The highest BCUT2D eigenvalue weighted by molar-refractivity contribution is 4.61. The second-order valence-electron chi connectivity index (χ2n) is 2.45. The van der Waals surface area contributed by atoms with Gasteiger partial charge in [0.05, 0.1) is 12.2 Å². The lowest BCUT2D eigenvalue weighted by atomic mass is 10.2. The van der Waals surface area contributed by atoms with Crippen LogP contribution >= 0.6 is 0 Å². The SMILES string of the molecule is CCOCC(C)(C)O. The smallest absolute Gasteiger partial charge is 0.0824 e. The summed E-state index contributed by atoms with van der Waals surface area (Å²) in [5.74, 6) is 0. The fourth-order valence-electron chi connectivity index (χ4n) is 0.352. The van der Waals surface area contributed by atoms with E-state index in [4.69, 9.17) is 9.84 Å². The third-order valence-electron chi connectivity index (χ3n) is 0.659. The van der Waals surface area contributed by atoms with Gasteiger partial charge in [-0.2, -0.15) is 0 Å². The van der Waals surface area contributed by atoms with Gasteiger partial charge in [0.2, 0.25) is 0 Å². The zero-order valence-corrected chi connectivity index (χ0v) is 5.77. The molecule has 2 nitrogen and oxygen atoms in total. The molecule has 0 aliphatic carbocycles. The van der Waals surface area contributed by atoms with Crippen LogP contribution in [-0.4, -0.2) is 23.9 Å². The minimum atomic E-state index is -0.671. The highest BCUT2D eigenvalue weighted by Crippen LogP contribution is 1.99. The minimum absolute atomic E-state index is 0.420. The van der Waals surface area contributed by atoms with Crippen LogP contribution in [0.3, 0.4) is 0 Å². The lowest BCUT2D eigenvalue weighted by molar-refractivity contribution is -0.0169. The number of hydrogen-bond acceptors (Lipinski definition) is 2. The van der Waals surface area contributed by atoms with Crippen molar-refractivity contribution in [2.75, 3.05) is 13.2 Å². The van der Waals surface area contributed by atoms with Gasteiger partial charge in [-0.15, -0.1) is 0 Å². The molecule has 2 heteroatoms. The van der Waals surface area contributed by atoms with Crippen molar-refractivity contribution in [1.82, 2.24) is 0 Å². The molecule has 0 atom stereocenters. The maximum atomic E-state index is 9.02. The first-order valence-electron chi connectivity index (χ1n) is 2.86. The van der Waals surface area contributed by atoms with E-state index in [-0.39, 0.29) is 0 Å². The van der Waals surface area contributed by atoms with Crippen molar-refractivity contribution in [3.63, 3.8) is 0 Å². The Labute approximate surface area is 50.5 Å². The molecule has 0 heterocycles. The Balaban J connectivity index is 3.11. The highest BCUT2D eigenvalue weighted by Gasteiger charge is 2.10. The van der Waals surface area contributed by atoms with Gasteiger partial charge < -0.3 is 9.84 Å². The van der Waals surface area contributed by atoms with Gasteiger partial charge in [0.1, 0.15) is 0 Å². The van der Waals surface area contributed by atoms with Crippen molar-refractivity contribution in [3.05, 3.63) is 0 Å². The summed E-state index contributed by atoms with van der Waals surface area (Å²) < 4.78 is 4.95. The lowest BCUT2D eigenvalue weighted by Gasteiger charge is -2.15. The molecule has 0 saturated carbocycles. The molecule has 0 saturated heterocycles. The van der Waals surface area contributed by atoms with Crippen LogP contribution < -0.4 is 0 Å². The second-order valence-corrected chi connectivity index (χ2v) is 2.45. The first kappa shape index (κ1) is 7.92. The Kier molecular flexibility index (Phi) is 3.02. The van der Waals surface area contributed by atoms with Crippen LogP contribution in [0, 0.1) is 0 Å². The van der Waals surface area contributed by atoms with Crippen LogP contribution in [0.4, 0.5) is 0 Å². The molecule has 0 aliphatic rings. The van der Waals surface area contributed by atoms with Crippen molar-refractivity contribution in [2.45, 2.75) is 26.4 Å². The van der Waals surface area contributed by atoms with Crippen LogP contribution in [-0.2, 0) is 4.74 Å². The van der Waals surface area contributed by atoms with Gasteiger partial charge in [-0.1, -0.05) is 0 Å². The second kappa shape index (κ2) is 3.05. The molecule has 0 fully saturated rings. The van der Waals surface area contributed by atoms with Gasteiger partial charge in [-0.3, -0.25) is 0 Å². The molecular formula is C6H14O2. The Morgan fingerprint density at radius 2 is 2.00 bits per heavy atom. The largest absolute Gasteiger partial charge is 0.388 e. The fraction of sp³-hybridized carbons (Fsp3) is 1.00. The molecule has 50 valence electrons. The van der Waals surface area contributed by atoms with E-state index >= 15 is 0 Å². The zero-order valence-electron chi connectivity index (χ0n) is 5.77. The minimum Gasteiger partial charge on any atom is -0.388 e. The van der Waals surface area contributed by atoms with Gasteiger partial charge in [0.15, 0.2) is 0 Å². The molecule has 8 heavy (non-hydrogen) atoms. The van der Waals surface area contributed by atoms with E-state index in [1.165, 1.54) is 0 Å². The van der Waals surface area contributed by atoms with Crippen LogP contribution in [0.15, 0.2) is 0 Å². The molecule has 0 unspecified atom stereocenters. The summed E-state index contributed by atoms with van der Waals surface area (Å²) in [7, 11) is 0. The van der Waals surface area contributed by atoms with E-state index in [0.29, 0.717) is 13.2 Å². The molecule has 0 spiro atoms. The summed E-state index contributed by atoms with van der Waals surface area (Å²) >= 11 is 0. The van der Waals surface area contributed by atoms with E-state index < -0.39 is 5.60 Å². The Hall–Kier alpha value is -0.0800. The van der Waals surface area contributed by atoms with E-state index in [9.17, 15) is 0 Å². The quantitative estimate of drug-likeness (QED) is 0.593. The first-order valence-corrected chi connectivity index (χ1v) is 2.86. The van der Waals surface area contributed by atoms with Gasteiger partial charge in [-0.25, -0.2) is 0 Å². The van der Waals surface area contributed by atoms with Crippen LogP contribution in [0.1, 0.15) is 20.8 Å². The Morgan fingerprint density at radius 1 is 1.50 bits per heavy atom. The molecule has 0 bridgehead atoms. The number of hydrogen-bond donors (Lipinski definition) is 1. The number of aliphatic hydroxyl groups is 1. The van der Waals surface area contributed by atoms with Gasteiger partial charge in [0.25, 0.3) is 0 Å². The highest BCUT2D eigenvalue weighted by atomic mass is 16.5. The predicted octanol–water partition coefficient (Wildman–Crippen LogP) is 0.794. The van der Waals surface area contributed by atoms with E-state index in [2.05, 4.69) is 0 Å². The molecular weight excluding hydrogens is 104 g/mol. The van der Waals surface area contributed by atoms with E-state index in [1.54, 1.807) is 13.8 Å². The summed E-state index contributed by atoms with van der Waals surface area (Å²) in [5.41, 5.74) is -0.671. The normalized spacial score (nSPS) is 12.0. The van der Waals surface area contributed by atoms with Crippen LogP contribution in [0.25, 0.3) is 0 Å². The van der Waals surface area contributed by atoms with Crippen molar-refractivity contribution >= 4 is 0 Å². The molecule has 0 aliphatic heterocycles. The molecule has 0 aromatic rings. The lowest BCUT2D eigenvalue weighted by Crippen LogP contribution is -2.25. The molecule has 1 N–H and O–H groups in total. The molecule has 0 amide bonds. The summed E-state index contributed by atoms with van der Waals surface area (Å²) in [5, 5.41) is 9.02. The maximum Gasteiger partial charge on any atom is 0.0824 e. The Bertz CT molecular complexity index is 54.0. The number of ether oxygens (including phenoxy) is 1. The topological polar surface area (TPSA) is 29.5 Å². The maximum absolute atomic E-state index is 9.02. The van der Waals surface area contributed by atoms with Crippen LogP contribution in [0.5, 0.6) is 0 Å². The fourth-order valence-corrected chi connectivity index (χ4v) is 0.352. The molecule has 0 radical (unpaired) electrons. The van der Waals surface area contributed by atoms with Gasteiger partial charge >= 0.3 is 0 Å². The summed E-state index contributed by atoms with van der Waals surface area (Å²) in [6, 6.07) is 0. The standard InChI is InChI=1S/C6H14O2/c1-4-8-5-6(2,3)7/h7H,4-5H2,1-3H3. The molecule has 0 aromatic heterocycles. The summed E-state index contributed by atoms with van der Waals surface area (Å²) in [6.07, 6.45) is 0. The summed E-state index contributed by atoms with van der Waals surface area (Å²) in [6.45, 7) is 6.45. The molecule has 0 rings (SSSR count). The van der Waals surface area contributed by atoms with Gasteiger partial charge in [0, 0.05) is 6.61 Å². The van der Waals surface area contributed by atoms with E-state index in [1.807, 2.05) is 6.92 Å². The third-order valence-corrected chi connectivity index (χ3v) is 0.659. The van der Waals surface area contributed by atoms with Crippen LogP contribution in [0.2, 0.25) is 0 Å². The summed E-state index contributed by atoms with van der Waals surface area (Å²) in [4.78, 5) is 0. The van der Waals surface area contributed by atoms with E-state index in [0.717, 1.165) is 0 Å². The van der Waals surface area contributed by atoms with Crippen molar-refractivity contribution < 1.29 is 9.84 Å². The zero-order chi connectivity index (χ0) is 6.62. The van der Waals surface area contributed by atoms with Crippen molar-refractivity contribution in [3.8, 4) is 0 Å². The Morgan fingerprint density at radius 3 is 2.12 bits per heavy atom. The van der Waals surface area contributed by atoms with Crippen molar-refractivity contribution in [1.29, 1.82) is 0 Å². The van der Waals surface area contributed by atoms with Gasteiger partial charge in [-0.05, 0) is 20.8 Å². The first-order chi connectivity index (χ1) is 3.56. The number of rotatable bonds is 3. The molecule has 0 aromatic carbocycles. The predicted molar refractivity (Wildman–Crippen MR) is 32.8 cm³/mol. The van der Waals surface area contributed by atoms with Crippen molar-refractivity contribution in [2.24, 2.45) is 0 Å². The average Bonchev–Trinajstić information content (AvgIpc) is 1.59. The monoisotopic (exact) mass is 118 g/mol. The third kappa shape index (κ3) is 5.92.